The summed E-state index contributed by atoms with van der Waals surface area (Å²) in [7, 11) is 0. The molecule has 244 valence electrons. The lowest BCUT2D eigenvalue weighted by molar-refractivity contribution is -0.274. The van der Waals surface area contributed by atoms with Gasteiger partial charge in [0, 0.05) is 29.6 Å². The highest BCUT2D eigenvalue weighted by Gasteiger charge is 2.31. The van der Waals surface area contributed by atoms with Crippen molar-refractivity contribution in [2.45, 2.75) is 58.9 Å². The number of para-hydroxylation sites is 1. The topological polar surface area (TPSA) is 105 Å². The van der Waals surface area contributed by atoms with E-state index in [2.05, 4.69) is 69.8 Å². The molecule has 3 aromatic rings. The Morgan fingerprint density at radius 2 is 1.78 bits per heavy atom. The number of alkyl halides is 3. The Balaban J connectivity index is 1.30. The van der Waals surface area contributed by atoms with Crippen molar-refractivity contribution in [2.24, 2.45) is 26.6 Å². The van der Waals surface area contributed by atoms with E-state index >= 15 is 0 Å². The van der Waals surface area contributed by atoms with E-state index in [0.29, 0.717) is 23.7 Å². The van der Waals surface area contributed by atoms with Gasteiger partial charge in [0.05, 0.1) is 5.69 Å². The number of benzene rings is 3. The molecule has 2 atom stereocenters. The van der Waals surface area contributed by atoms with Crippen LogP contribution in [-0.4, -0.2) is 48.1 Å². The minimum Gasteiger partial charge on any atom is -0.406 e. The first-order valence-corrected chi connectivity index (χ1v) is 16.1. The molecule has 46 heavy (non-hydrogen) atoms. The molecular weight excluding hydrogens is 613 g/mol. The SMILES string of the molecule is CC(CNC(=O)N=C1SCCC(C)N1c1ccccc1C(C)C)Cc1ccc(C(N)=NC=Nc2ccc(OC(F)(F)F)cc2)cc1. The maximum absolute atomic E-state index is 12.9. The Morgan fingerprint density at radius 1 is 1.09 bits per heavy atom. The van der Waals surface area contributed by atoms with Crippen LogP contribution in [0.3, 0.4) is 0 Å². The standard InChI is InChI=1S/C34H39F3N6O2S/c1-22(2)29-7-5-6-8-30(29)43-24(4)17-18-46-33(43)42-32(44)39-20-23(3)19-25-9-11-26(12-10-25)31(38)41-21-40-27-13-15-28(16-14-27)45-34(35,36)37/h5-16,21-24H,17-20H2,1-4H3,(H,39,44)(H2,38,40,41). The van der Waals surface area contributed by atoms with Crippen molar-refractivity contribution < 1.29 is 22.7 Å². The number of amides is 2. The number of thioether (sulfide) groups is 1. The van der Waals surface area contributed by atoms with Crippen LogP contribution in [-0.2, 0) is 6.42 Å². The molecule has 2 unspecified atom stereocenters. The van der Waals surface area contributed by atoms with E-state index in [-0.39, 0.29) is 29.6 Å². The van der Waals surface area contributed by atoms with Gasteiger partial charge in [0.1, 0.15) is 17.9 Å². The lowest BCUT2D eigenvalue weighted by atomic mass is 9.99. The lowest BCUT2D eigenvalue weighted by Gasteiger charge is -2.37. The normalized spacial score (nSPS) is 17.5. The molecule has 0 spiro atoms. The smallest absolute Gasteiger partial charge is 0.406 e. The number of hydrogen-bond acceptors (Lipinski definition) is 4. The molecule has 1 aliphatic heterocycles. The molecule has 0 radical (unpaired) electrons. The Morgan fingerprint density at radius 3 is 2.46 bits per heavy atom. The van der Waals surface area contributed by atoms with Gasteiger partial charge in [-0.2, -0.15) is 4.99 Å². The molecule has 1 aliphatic rings. The molecule has 0 aliphatic carbocycles. The van der Waals surface area contributed by atoms with Gasteiger partial charge in [-0.15, -0.1) is 13.2 Å². The fraction of sp³-hybridized carbons (Fsp3) is 0.353. The summed E-state index contributed by atoms with van der Waals surface area (Å²) in [6.45, 7) is 9.06. The van der Waals surface area contributed by atoms with Crippen molar-refractivity contribution in [3.63, 3.8) is 0 Å². The van der Waals surface area contributed by atoms with Crippen molar-refractivity contribution in [2.75, 3.05) is 17.2 Å². The van der Waals surface area contributed by atoms with E-state index in [0.717, 1.165) is 35.0 Å². The van der Waals surface area contributed by atoms with Crippen LogP contribution in [0.1, 0.15) is 56.7 Å². The first-order valence-electron chi connectivity index (χ1n) is 15.1. The number of urea groups is 1. The molecule has 4 rings (SSSR count). The Bertz CT molecular complexity index is 1560. The zero-order valence-corrected chi connectivity index (χ0v) is 27.1. The van der Waals surface area contributed by atoms with Gasteiger partial charge in [-0.1, -0.05) is 75.0 Å². The average molecular weight is 653 g/mol. The fourth-order valence-corrected chi connectivity index (χ4v) is 6.18. The van der Waals surface area contributed by atoms with Crippen molar-refractivity contribution >= 4 is 46.5 Å². The summed E-state index contributed by atoms with van der Waals surface area (Å²) in [5.41, 5.74) is 10.6. The fourth-order valence-electron chi connectivity index (χ4n) is 4.97. The molecule has 1 heterocycles. The Kier molecular flexibility index (Phi) is 11.9. The monoisotopic (exact) mass is 652 g/mol. The average Bonchev–Trinajstić information content (AvgIpc) is 3.00. The first-order chi connectivity index (χ1) is 21.9. The van der Waals surface area contributed by atoms with Gasteiger partial charge in [-0.05, 0) is 73.1 Å². The maximum Gasteiger partial charge on any atom is 0.573 e. The number of anilines is 1. The summed E-state index contributed by atoms with van der Waals surface area (Å²) in [4.78, 5) is 27.8. The third-order valence-electron chi connectivity index (χ3n) is 7.34. The van der Waals surface area contributed by atoms with Gasteiger partial charge in [0.15, 0.2) is 5.17 Å². The highest BCUT2D eigenvalue weighted by atomic mass is 32.2. The lowest BCUT2D eigenvalue weighted by Crippen LogP contribution is -2.43. The van der Waals surface area contributed by atoms with E-state index < -0.39 is 6.36 Å². The van der Waals surface area contributed by atoms with E-state index in [4.69, 9.17) is 5.73 Å². The second-order valence-electron chi connectivity index (χ2n) is 11.5. The number of ether oxygens (including phenoxy) is 1. The van der Waals surface area contributed by atoms with Gasteiger partial charge in [0.2, 0.25) is 0 Å². The van der Waals surface area contributed by atoms with Gasteiger partial charge >= 0.3 is 12.4 Å². The van der Waals surface area contributed by atoms with Crippen LogP contribution in [0.25, 0.3) is 0 Å². The van der Waals surface area contributed by atoms with Gasteiger partial charge in [0.25, 0.3) is 0 Å². The number of carbonyl (C=O) groups excluding carboxylic acids is 1. The number of rotatable bonds is 10. The van der Waals surface area contributed by atoms with Crippen molar-refractivity contribution in [3.8, 4) is 5.75 Å². The number of aliphatic imine (C=N–C) groups is 3. The maximum atomic E-state index is 12.9. The Labute approximate surface area is 272 Å². The van der Waals surface area contributed by atoms with Crippen LogP contribution in [0.5, 0.6) is 5.75 Å². The number of hydrogen-bond donors (Lipinski definition) is 2. The molecule has 1 fully saturated rings. The Hall–Kier alpha value is -4.32. The molecule has 8 nitrogen and oxygen atoms in total. The second-order valence-corrected chi connectivity index (χ2v) is 12.5. The van der Waals surface area contributed by atoms with Crippen LogP contribution in [0.2, 0.25) is 0 Å². The van der Waals surface area contributed by atoms with Gasteiger partial charge in [-0.25, -0.2) is 14.8 Å². The molecule has 0 saturated carbocycles. The molecule has 0 aromatic heterocycles. The van der Waals surface area contributed by atoms with Crippen LogP contribution in [0.4, 0.5) is 29.3 Å². The summed E-state index contributed by atoms with van der Waals surface area (Å²) in [5, 5.41) is 3.70. The quantitative estimate of drug-likeness (QED) is 0.170. The van der Waals surface area contributed by atoms with Crippen molar-refractivity contribution in [3.05, 3.63) is 89.5 Å². The third-order valence-corrected chi connectivity index (χ3v) is 8.32. The predicted octanol–water partition coefficient (Wildman–Crippen LogP) is 8.05. The molecular formula is C34H39F3N6O2S. The largest absolute Gasteiger partial charge is 0.573 e. The van der Waals surface area contributed by atoms with Crippen LogP contribution < -0.4 is 20.7 Å². The summed E-state index contributed by atoms with van der Waals surface area (Å²) in [6, 6.07) is 20.9. The zero-order chi connectivity index (χ0) is 33.3. The molecule has 0 bridgehead atoms. The van der Waals surface area contributed by atoms with Crippen LogP contribution in [0, 0.1) is 5.92 Å². The molecule has 12 heteroatoms. The predicted molar refractivity (Wildman–Crippen MR) is 182 cm³/mol. The van der Waals surface area contributed by atoms with Crippen molar-refractivity contribution in [1.82, 2.24) is 5.32 Å². The third kappa shape index (κ3) is 10.1. The van der Waals surface area contributed by atoms with E-state index in [9.17, 15) is 18.0 Å². The summed E-state index contributed by atoms with van der Waals surface area (Å²) in [6.07, 6.45) is -1.76. The number of amidine groups is 2. The minimum atomic E-state index is -4.75. The van der Waals surface area contributed by atoms with E-state index in [1.807, 2.05) is 36.4 Å². The highest BCUT2D eigenvalue weighted by Crippen LogP contribution is 2.34. The van der Waals surface area contributed by atoms with Gasteiger partial charge < -0.3 is 20.7 Å². The summed E-state index contributed by atoms with van der Waals surface area (Å²) < 4.78 is 40.8. The number of nitrogens with two attached hydrogens (primary N) is 1. The van der Waals surface area contributed by atoms with Gasteiger partial charge in [-0.3, -0.25) is 0 Å². The number of halogens is 3. The summed E-state index contributed by atoms with van der Waals surface area (Å²) in [5.74, 6) is 1.34. The number of nitrogens with zero attached hydrogens (tertiary/aromatic N) is 4. The molecule has 2 amide bonds. The second kappa shape index (κ2) is 15.8. The minimum absolute atomic E-state index is 0.164. The number of nitrogens with one attached hydrogen (secondary N) is 1. The summed E-state index contributed by atoms with van der Waals surface area (Å²) >= 11 is 1.61. The van der Waals surface area contributed by atoms with E-state index in [1.54, 1.807) is 11.8 Å². The highest BCUT2D eigenvalue weighted by molar-refractivity contribution is 8.14. The van der Waals surface area contributed by atoms with Crippen molar-refractivity contribution in [1.29, 1.82) is 0 Å². The molecule has 3 aromatic carbocycles. The van der Waals surface area contributed by atoms with Crippen LogP contribution in [0.15, 0.2) is 87.8 Å². The molecule has 1 saturated heterocycles. The number of carbonyl (C=O) groups is 1. The molecule has 3 N–H and O–H groups in total. The zero-order valence-electron chi connectivity index (χ0n) is 26.3. The van der Waals surface area contributed by atoms with E-state index in [1.165, 1.54) is 36.2 Å². The first kappa shape index (κ1) is 34.6. The van der Waals surface area contributed by atoms with Crippen LogP contribution >= 0.6 is 11.8 Å².